The van der Waals surface area contributed by atoms with Gasteiger partial charge in [0.25, 0.3) is 5.91 Å². The summed E-state index contributed by atoms with van der Waals surface area (Å²) in [7, 11) is -3.76. The molecule has 1 heterocycles. The topological polar surface area (TPSA) is 102 Å². The smallest absolute Gasteiger partial charge is 0.287 e. The van der Waals surface area contributed by atoms with Gasteiger partial charge in [-0.15, -0.1) is 0 Å². The van der Waals surface area contributed by atoms with E-state index >= 15 is 0 Å². The first-order valence-electron chi connectivity index (χ1n) is 5.93. The van der Waals surface area contributed by atoms with Crippen molar-refractivity contribution < 1.29 is 17.6 Å². The SMILES string of the molecule is Cc1cc(Br)oc1C(=O)NCc1cccc(S(N)(=O)=O)c1. The van der Waals surface area contributed by atoms with Crippen molar-refractivity contribution in [1.29, 1.82) is 0 Å². The Balaban J connectivity index is 2.10. The van der Waals surface area contributed by atoms with Crippen LogP contribution in [-0.2, 0) is 16.6 Å². The van der Waals surface area contributed by atoms with E-state index in [1.165, 1.54) is 12.1 Å². The molecule has 0 bridgehead atoms. The van der Waals surface area contributed by atoms with E-state index in [0.29, 0.717) is 15.8 Å². The van der Waals surface area contributed by atoms with Crippen molar-refractivity contribution >= 4 is 31.9 Å². The highest BCUT2D eigenvalue weighted by Crippen LogP contribution is 2.19. The summed E-state index contributed by atoms with van der Waals surface area (Å²) in [5.74, 6) is -0.163. The van der Waals surface area contributed by atoms with Gasteiger partial charge < -0.3 is 9.73 Å². The third kappa shape index (κ3) is 3.93. The summed E-state index contributed by atoms with van der Waals surface area (Å²) in [6.45, 7) is 1.92. The molecule has 1 aromatic carbocycles. The lowest BCUT2D eigenvalue weighted by molar-refractivity contribution is 0.0921. The second-order valence-corrected chi connectivity index (χ2v) is 6.78. The number of sulfonamides is 1. The molecule has 0 aliphatic heterocycles. The Morgan fingerprint density at radius 2 is 2.10 bits per heavy atom. The molecule has 1 amide bonds. The lowest BCUT2D eigenvalue weighted by atomic mass is 10.2. The first-order valence-corrected chi connectivity index (χ1v) is 8.27. The van der Waals surface area contributed by atoms with Crippen LogP contribution in [0.2, 0.25) is 0 Å². The van der Waals surface area contributed by atoms with Gasteiger partial charge in [0.1, 0.15) is 0 Å². The lowest BCUT2D eigenvalue weighted by Crippen LogP contribution is -2.23. The number of halogens is 1. The number of benzene rings is 1. The van der Waals surface area contributed by atoms with Gasteiger partial charge in [-0.1, -0.05) is 12.1 Å². The number of furan rings is 1. The lowest BCUT2D eigenvalue weighted by Gasteiger charge is -2.06. The summed E-state index contributed by atoms with van der Waals surface area (Å²) in [6, 6.07) is 7.77. The predicted molar refractivity (Wildman–Crippen MR) is 80.1 cm³/mol. The average Bonchev–Trinajstić information content (AvgIpc) is 2.74. The number of nitrogens with one attached hydrogen (secondary N) is 1. The fourth-order valence-electron chi connectivity index (χ4n) is 1.76. The van der Waals surface area contributed by atoms with E-state index in [9.17, 15) is 13.2 Å². The Morgan fingerprint density at radius 1 is 1.38 bits per heavy atom. The van der Waals surface area contributed by atoms with Crippen molar-refractivity contribution in [2.75, 3.05) is 0 Å². The number of aryl methyl sites for hydroxylation is 1. The molecule has 1 aromatic heterocycles. The first-order chi connectivity index (χ1) is 9.77. The van der Waals surface area contributed by atoms with E-state index in [2.05, 4.69) is 21.2 Å². The normalized spacial score (nSPS) is 11.4. The van der Waals surface area contributed by atoms with Gasteiger partial charge in [0, 0.05) is 12.1 Å². The maximum atomic E-state index is 12.0. The quantitative estimate of drug-likeness (QED) is 0.855. The van der Waals surface area contributed by atoms with Crippen LogP contribution < -0.4 is 10.5 Å². The standard InChI is InChI=1S/C13H13BrN2O4S/c1-8-5-11(14)20-12(8)13(17)16-7-9-3-2-4-10(6-9)21(15,18)19/h2-6H,7H2,1H3,(H,16,17)(H2,15,18,19). The van der Waals surface area contributed by atoms with Crippen LogP contribution in [0, 0.1) is 6.92 Å². The van der Waals surface area contributed by atoms with Crippen LogP contribution in [-0.4, -0.2) is 14.3 Å². The van der Waals surface area contributed by atoms with Crippen molar-refractivity contribution in [3.8, 4) is 0 Å². The van der Waals surface area contributed by atoms with Crippen LogP contribution in [0.1, 0.15) is 21.7 Å². The molecule has 112 valence electrons. The van der Waals surface area contributed by atoms with Crippen LogP contribution in [0.15, 0.2) is 44.3 Å². The molecule has 6 nitrogen and oxygen atoms in total. The minimum Gasteiger partial charge on any atom is -0.444 e. The molecule has 8 heteroatoms. The highest BCUT2D eigenvalue weighted by Gasteiger charge is 2.15. The zero-order valence-electron chi connectivity index (χ0n) is 11.1. The second kappa shape index (κ2) is 6.00. The van der Waals surface area contributed by atoms with Gasteiger partial charge in [0.15, 0.2) is 10.4 Å². The Bertz CT molecular complexity index is 783. The van der Waals surface area contributed by atoms with E-state index in [4.69, 9.17) is 9.56 Å². The monoisotopic (exact) mass is 372 g/mol. The van der Waals surface area contributed by atoms with Crippen LogP contribution in [0.3, 0.4) is 0 Å². The van der Waals surface area contributed by atoms with Crippen LogP contribution >= 0.6 is 15.9 Å². The van der Waals surface area contributed by atoms with Gasteiger partial charge in [-0.2, -0.15) is 0 Å². The Morgan fingerprint density at radius 3 is 2.67 bits per heavy atom. The molecule has 0 aliphatic carbocycles. The summed E-state index contributed by atoms with van der Waals surface area (Å²) in [6.07, 6.45) is 0. The summed E-state index contributed by atoms with van der Waals surface area (Å²) in [5, 5.41) is 7.72. The number of carbonyl (C=O) groups excluding carboxylic acids is 1. The van der Waals surface area contributed by atoms with Gasteiger partial charge >= 0.3 is 0 Å². The zero-order chi connectivity index (χ0) is 15.6. The van der Waals surface area contributed by atoms with Crippen LogP contribution in [0.25, 0.3) is 0 Å². The summed E-state index contributed by atoms with van der Waals surface area (Å²) < 4.78 is 28.2. The largest absolute Gasteiger partial charge is 0.444 e. The van der Waals surface area contributed by atoms with E-state index in [1.54, 1.807) is 25.1 Å². The molecule has 2 rings (SSSR count). The molecule has 0 aliphatic rings. The molecule has 2 aromatic rings. The first kappa shape index (κ1) is 15.7. The van der Waals surface area contributed by atoms with Gasteiger partial charge in [-0.25, -0.2) is 13.6 Å². The van der Waals surface area contributed by atoms with Crippen LogP contribution in [0.5, 0.6) is 0 Å². The van der Waals surface area contributed by atoms with Gasteiger partial charge in [0.2, 0.25) is 10.0 Å². The highest BCUT2D eigenvalue weighted by molar-refractivity contribution is 9.10. The Hall–Kier alpha value is -1.64. The molecule has 0 unspecified atom stereocenters. The Kier molecular flexibility index (Phi) is 4.50. The van der Waals surface area contributed by atoms with Gasteiger partial charge in [-0.05, 0) is 46.6 Å². The van der Waals surface area contributed by atoms with E-state index in [-0.39, 0.29) is 23.1 Å². The van der Waals surface area contributed by atoms with Crippen molar-refractivity contribution in [1.82, 2.24) is 5.32 Å². The minimum atomic E-state index is -3.76. The molecule has 0 radical (unpaired) electrons. The third-order valence-electron chi connectivity index (χ3n) is 2.77. The molecule has 21 heavy (non-hydrogen) atoms. The predicted octanol–water partition coefficient (Wildman–Crippen LogP) is 1.93. The van der Waals surface area contributed by atoms with E-state index in [1.807, 2.05) is 0 Å². The average molecular weight is 373 g/mol. The van der Waals surface area contributed by atoms with Crippen molar-refractivity contribution in [2.24, 2.45) is 5.14 Å². The number of nitrogens with two attached hydrogens (primary N) is 1. The van der Waals surface area contributed by atoms with Gasteiger partial charge in [0.05, 0.1) is 4.90 Å². The summed E-state index contributed by atoms with van der Waals surface area (Å²) in [4.78, 5) is 12.0. The maximum Gasteiger partial charge on any atom is 0.287 e. The second-order valence-electron chi connectivity index (χ2n) is 4.44. The summed E-state index contributed by atoms with van der Waals surface area (Å²) in [5.41, 5.74) is 1.33. The molecule has 0 fully saturated rings. The van der Waals surface area contributed by atoms with E-state index in [0.717, 1.165) is 0 Å². The van der Waals surface area contributed by atoms with Gasteiger partial charge in [-0.3, -0.25) is 4.79 Å². The molecular formula is C13H13BrN2O4S. The molecule has 0 spiro atoms. The highest BCUT2D eigenvalue weighted by atomic mass is 79.9. The fraction of sp³-hybridized carbons (Fsp3) is 0.154. The molecular weight excluding hydrogens is 360 g/mol. The Labute approximate surface area is 130 Å². The number of amides is 1. The molecule has 0 atom stereocenters. The number of carbonyl (C=O) groups is 1. The number of primary sulfonamides is 1. The number of hydrogen-bond acceptors (Lipinski definition) is 4. The molecule has 3 N–H and O–H groups in total. The number of rotatable bonds is 4. The maximum absolute atomic E-state index is 12.0. The van der Waals surface area contributed by atoms with Crippen molar-refractivity contribution in [2.45, 2.75) is 18.4 Å². The van der Waals surface area contributed by atoms with E-state index < -0.39 is 10.0 Å². The zero-order valence-corrected chi connectivity index (χ0v) is 13.5. The molecule has 0 saturated heterocycles. The minimum absolute atomic E-state index is 0.00572. The fourth-order valence-corrected chi connectivity index (χ4v) is 2.85. The summed E-state index contributed by atoms with van der Waals surface area (Å²) >= 11 is 3.15. The van der Waals surface area contributed by atoms with Crippen LogP contribution in [0.4, 0.5) is 0 Å². The van der Waals surface area contributed by atoms with Crippen molar-refractivity contribution in [3.63, 3.8) is 0 Å². The van der Waals surface area contributed by atoms with Crippen molar-refractivity contribution in [3.05, 3.63) is 51.9 Å². The molecule has 0 saturated carbocycles. The number of hydrogen-bond donors (Lipinski definition) is 2. The third-order valence-corrected chi connectivity index (χ3v) is 4.08.